The zero-order chi connectivity index (χ0) is 26.6. The van der Waals surface area contributed by atoms with Crippen molar-refractivity contribution in [3.8, 4) is 17.2 Å². The number of phenols is 1. The van der Waals surface area contributed by atoms with Crippen LogP contribution in [0, 0.1) is 11.8 Å². The van der Waals surface area contributed by atoms with Crippen LogP contribution in [0.3, 0.4) is 0 Å². The Morgan fingerprint density at radius 1 is 1.17 bits per heavy atom. The number of dihydropyridines is 1. The molecule has 0 fully saturated rings. The van der Waals surface area contributed by atoms with E-state index in [1.807, 2.05) is 13.8 Å². The molecule has 1 aliphatic heterocycles. The molecule has 3 rings (SSSR count). The molecule has 1 aromatic rings. The number of esters is 2. The monoisotopic (exact) mass is 519 g/mol. The number of allylic oxidation sites excluding steroid dienone is 3. The van der Waals surface area contributed by atoms with E-state index in [2.05, 4.69) is 5.32 Å². The van der Waals surface area contributed by atoms with Gasteiger partial charge in [0.15, 0.2) is 17.3 Å². The number of aromatic hydroxyl groups is 1. The fourth-order valence-electron chi connectivity index (χ4n) is 4.78. The normalized spacial score (nSPS) is 21.5. The first-order valence-corrected chi connectivity index (χ1v) is 12.9. The molecule has 0 saturated carbocycles. The van der Waals surface area contributed by atoms with Gasteiger partial charge in [0.05, 0.1) is 26.9 Å². The molecule has 3 atom stereocenters. The zero-order valence-corrected chi connectivity index (χ0v) is 22.2. The molecule has 196 valence electrons. The number of ketones is 1. The minimum Gasteiger partial charge on any atom is -0.502 e. The van der Waals surface area contributed by atoms with Crippen LogP contribution in [0.25, 0.3) is 0 Å². The Hall–Kier alpha value is -3.14. The average Bonchev–Trinajstić information content (AvgIpc) is 2.85. The number of phenolic OH excluding ortho intramolecular Hbond substituents is 1. The van der Waals surface area contributed by atoms with Gasteiger partial charge in [-0.2, -0.15) is 11.8 Å². The number of nitrogens with one attached hydrogen (secondary N) is 1. The number of carbonyl (C=O) groups excluding carboxylic acids is 3. The molecule has 36 heavy (non-hydrogen) atoms. The molecular formula is C26H33NO8S. The van der Waals surface area contributed by atoms with Crippen molar-refractivity contribution in [3.63, 3.8) is 0 Å². The number of benzene rings is 1. The Morgan fingerprint density at radius 3 is 2.36 bits per heavy atom. The van der Waals surface area contributed by atoms with E-state index in [9.17, 15) is 19.5 Å². The van der Waals surface area contributed by atoms with Crippen LogP contribution in [-0.2, 0) is 23.9 Å². The summed E-state index contributed by atoms with van der Waals surface area (Å²) in [6.45, 7) is 5.81. The molecule has 0 spiro atoms. The molecule has 10 heteroatoms. The molecule has 0 aromatic heterocycles. The number of carbonyl (C=O) groups is 3. The average molecular weight is 520 g/mol. The topological polar surface area (TPSA) is 120 Å². The maximum absolute atomic E-state index is 13.8. The van der Waals surface area contributed by atoms with E-state index in [0.717, 1.165) is 5.75 Å². The first kappa shape index (κ1) is 27.4. The highest BCUT2D eigenvalue weighted by atomic mass is 32.2. The predicted molar refractivity (Wildman–Crippen MR) is 135 cm³/mol. The van der Waals surface area contributed by atoms with Crippen molar-refractivity contribution in [3.05, 3.63) is 40.2 Å². The third-order valence-corrected chi connectivity index (χ3v) is 7.33. The lowest BCUT2D eigenvalue weighted by Crippen LogP contribution is -2.43. The van der Waals surface area contributed by atoms with E-state index >= 15 is 0 Å². The number of hydrogen-bond acceptors (Lipinski definition) is 10. The second kappa shape index (κ2) is 11.7. The Kier molecular flexibility index (Phi) is 8.94. The molecule has 0 amide bonds. The number of rotatable bonds is 9. The quantitative estimate of drug-likeness (QED) is 0.286. The summed E-state index contributed by atoms with van der Waals surface area (Å²) in [5.74, 6) is -2.20. The van der Waals surface area contributed by atoms with Crippen LogP contribution >= 0.6 is 11.8 Å². The van der Waals surface area contributed by atoms with Crippen LogP contribution in [0.15, 0.2) is 34.7 Å². The summed E-state index contributed by atoms with van der Waals surface area (Å²) < 4.78 is 21.2. The summed E-state index contributed by atoms with van der Waals surface area (Å²) in [5, 5.41) is 13.7. The van der Waals surface area contributed by atoms with Crippen LogP contribution in [0.2, 0.25) is 0 Å². The van der Waals surface area contributed by atoms with Crippen molar-refractivity contribution in [1.82, 2.24) is 5.32 Å². The molecule has 1 aliphatic carbocycles. The van der Waals surface area contributed by atoms with Gasteiger partial charge in [-0.3, -0.25) is 9.59 Å². The molecule has 0 unspecified atom stereocenters. The molecule has 1 aromatic carbocycles. The molecule has 0 saturated heterocycles. The van der Waals surface area contributed by atoms with Gasteiger partial charge < -0.3 is 29.4 Å². The molecular weight excluding hydrogens is 486 g/mol. The third kappa shape index (κ3) is 5.18. The van der Waals surface area contributed by atoms with Gasteiger partial charge in [0.25, 0.3) is 0 Å². The van der Waals surface area contributed by atoms with E-state index in [1.54, 1.807) is 30.8 Å². The summed E-state index contributed by atoms with van der Waals surface area (Å²) in [7, 11) is 4.04. The number of hydrogen-bond donors (Lipinski definition) is 2. The minimum atomic E-state index is -1.00. The fourth-order valence-corrected chi connectivity index (χ4v) is 5.27. The second-order valence-corrected chi connectivity index (χ2v) is 10.0. The lowest BCUT2D eigenvalue weighted by molar-refractivity contribution is -0.151. The summed E-state index contributed by atoms with van der Waals surface area (Å²) >= 11 is 1.65. The van der Waals surface area contributed by atoms with Crippen LogP contribution in [0.5, 0.6) is 17.2 Å². The summed E-state index contributed by atoms with van der Waals surface area (Å²) in [5.41, 5.74) is 2.21. The first-order chi connectivity index (χ1) is 17.2. The molecule has 0 bridgehead atoms. The Bertz CT molecular complexity index is 1080. The van der Waals surface area contributed by atoms with Crippen molar-refractivity contribution < 1.29 is 38.4 Å². The first-order valence-electron chi connectivity index (χ1n) is 11.7. The Labute approximate surface area is 215 Å². The van der Waals surface area contributed by atoms with Crippen molar-refractivity contribution >= 4 is 29.5 Å². The van der Waals surface area contributed by atoms with Crippen LogP contribution in [-0.4, -0.2) is 62.3 Å². The Morgan fingerprint density at radius 2 is 1.81 bits per heavy atom. The van der Waals surface area contributed by atoms with E-state index in [-0.39, 0.29) is 35.3 Å². The van der Waals surface area contributed by atoms with Gasteiger partial charge in [-0.25, -0.2) is 4.79 Å². The van der Waals surface area contributed by atoms with Gasteiger partial charge in [-0.15, -0.1) is 0 Å². The highest BCUT2D eigenvalue weighted by molar-refractivity contribution is 7.99. The van der Waals surface area contributed by atoms with Crippen molar-refractivity contribution in [2.24, 2.45) is 11.8 Å². The van der Waals surface area contributed by atoms with Gasteiger partial charge in [0, 0.05) is 28.6 Å². The lowest BCUT2D eigenvalue weighted by atomic mass is 9.69. The number of ether oxygens (including phenoxy) is 4. The van der Waals surface area contributed by atoms with Crippen LogP contribution < -0.4 is 14.8 Å². The summed E-state index contributed by atoms with van der Waals surface area (Å²) in [6.07, 6.45) is 0.413. The smallest absolute Gasteiger partial charge is 0.336 e. The molecule has 0 radical (unpaired) electrons. The maximum Gasteiger partial charge on any atom is 0.336 e. The molecule has 9 nitrogen and oxygen atoms in total. The van der Waals surface area contributed by atoms with E-state index < -0.39 is 29.6 Å². The summed E-state index contributed by atoms with van der Waals surface area (Å²) in [6, 6.07) is 3.12. The van der Waals surface area contributed by atoms with Gasteiger partial charge >= 0.3 is 11.9 Å². The maximum atomic E-state index is 13.8. The minimum absolute atomic E-state index is 0.121. The van der Waals surface area contributed by atoms with E-state index in [0.29, 0.717) is 34.7 Å². The molecule has 1 heterocycles. The second-order valence-electron chi connectivity index (χ2n) is 8.64. The largest absolute Gasteiger partial charge is 0.502 e. The zero-order valence-electron chi connectivity index (χ0n) is 21.4. The van der Waals surface area contributed by atoms with Crippen molar-refractivity contribution in [1.29, 1.82) is 0 Å². The van der Waals surface area contributed by atoms with Crippen LogP contribution in [0.4, 0.5) is 0 Å². The van der Waals surface area contributed by atoms with Gasteiger partial charge in [-0.05, 0) is 42.7 Å². The van der Waals surface area contributed by atoms with Crippen molar-refractivity contribution in [2.75, 3.05) is 39.4 Å². The highest BCUT2D eigenvalue weighted by Crippen LogP contribution is 2.48. The van der Waals surface area contributed by atoms with Gasteiger partial charge in [0.1, 0.15) is 12.5 Å². The van der Waals surface area contributed by atoms with E-state index in [4.69, 9.17) is 18.9 Å². The number of methoxy groups -OCH3 is 3. The van der Waals surface area contributed by atoms with E-state index in [1.165, 1.54) is 21.3 Å². The van der Waals surface area contributed by atoms with Crippen molar-refractivity contribution in [2.45, 2.75) is 33.1 Å². The number of thioether (sulfide) groups is 1. The Balaban J connectivity index is 2.19. The molecule has 2 aliphatic rings. The number of Topliss-reactive ketones (excluding diaryl/α,β-unsaturated/α-hetero) is 1. The summed E-state index contributed by atoms with van der Waals surface area (Å²) in [4.78, 5) is 39.8. The SMILES string of the molecule is CCSCCOC(=O)C1=C(C)NC2=C(C(=O)[C@H](C(=O)OC)[C@H](C)C2)[C@H]1c1cc(OC)c(O)c(OC)c1. The standard InChI is InChI=1S/C26H33NO8S/c1-7-36-9-8-35-26(31)20-14(3)27-16-10-13(2)19(25(30)34-6)24(29)22(16)21(20)15-11-17(32-4)23(28)18(12-15)33-5/h11-13,19,21,27-28H,7-10H2,1-6H3/t13-,19-,21+/m1/s1. The highest BCUT2D eigenvalue weighted by Gasteiger charge is 2.47. The third-order valence-electron chi connectivity index (χ3n) is 6.46. The fraction of sp³-hybridized carbons (Fsp3) is 0.500. The predicted octanol–water partition coefficient (Wildman–Crippen LogP) is 3.32. The lowest BCUT2D eigenvalue weighted by Gasteiger charge is -2.38. The van der Waals surface area contributed by atoms with Gasteiger partial charge in [-0.1, -0.05) is 13.8 Å². The van der Waals surface area contributed by atoms with Gasteiger partial charge in [0.2, 0.25) is 5.75 Å². The molecule has 2 N–H and O–H groups in total. The van der Waals surface area contributed by atoms with Crippen LogP contribution in [0.1, 0.15) is 38.7 Å².